The quantitative estimate of drug-likeness (QED) is 0.801. The number of carbonyl (C=O) groups excluding carboxylic acids is 2. The van der Waals surface area contributed by atoms with E-state index < -0.39 is 0 Å². The van der Waals surface area contributed by atoms with Crippen LogP contribution in [0, 0.1) is 5.92 Å². The second-order valence-corrected chi connectivity index (χ2v) is 7.53. The minimum atomic E-state index is -0.206. The lowest BCUT2D eigenvalue weighted by Gasteiger charge is -2.26. The summed E-state index contributed by atoms with van der Waals surface area (Å²) in [7, 11) is 3.43. The zero-order chi connectivity index (χ0) is 20.3. The van der Waals surface area contributed by atoms with Crippen LogP contribution in [0.2, 0.25) is 0 Å². The summed E-state index contributed by atoms with van der Waals surface area (Å²) in [5.41, 5.74) is 7.84. The van der Waals surface area contributed by atoms with Gasteiger partial charge in [0.25, 0.3) is 0 Å². The van der Waals surface area contributed by atoms with E-state index in [1.807, 2.05) is 18.2 Å². The first kappa shape index (κ1) is 20.1. The van der Waals surface area contributed by atoms with E-state index in [1.165, 1.54) is 6.92 Å². The van der Waals surface area contributed by atoms with Gasteiger partial charge in [-0.2, -0.15) is 0 Å². The molecule has 1 fully saturated rings. The minimum absolute atomic E-state index is 0.0319. The molecule has 28 heavy (non-hydrogen) atoms. The summed E-state index contributed by atoms with van der Waals surface area (Å²) in [5, 5.41) is 0. The van der Waals surface area contributed by atoms with Crippen LogP contribution in [0.3, 0.4) is 0 Å². The maximum Gasteiger partial charge on any atom is 0.227 e. The predicted molar refractivity (Wildman–Crippen MR) is 107 cm³/mol. The number of likely N-dealkylation sites (tertiary alicyclic amines) is 1. The third-order valence-corrected chi connectivity index (χ3v) is 5.37. The highest BCUT2D eigenvalue weighted by Crippen LogP contribution is 2.20. The molecule has 0 bridgehead atoms. The maximum absolute atomic E-state index is 12.9. The lowest BCUT2D eigenvalue weighted by Crippen LogP contribution is -2.43. The number of fused-ring (bicyclic) bond motifs is 1. The Bertz CT molecular complexity index is 849. The zero-order valence-electron chi connectivity index (χ0n) is 16.8. The third kappa shape index (κ3) is 4.62. The summed E-state index contributed by atoms with van der Waals surface area (Å²) in [6.45, 7) is 3.04. The Kier molecular flexibility index (Phi) is 6.18. The van der Waals surface area contributed by atoms with Gasteiger partial charge < -0.3 is 25.3 Å². The van der Waals surface area contributed by atoms with Crippen LogP contribution in [0.25, 0.3) is 11.0 Å². The van der Waals surface area contributed by atoms with Crippen LogP contribution in [-0.4, -0.2) is 71.4 Å². The van der Waals surface area contributed by atoms with E-state index in [4.69, 9.17) is 10.5 Å². The number of benzene rings is 1. The number of imidazole rings is 1. The highest BCUT2D eigenvalue weighted by Gasteiger charge is 2.30. The van der Waals surface area contributed by atoms with Crippen molar-refractivity contribution >= 4 is 22.8 Å². The van der Waals surface area contributed by atoms with E-state index in [0.717, 1.165) is 29.0 Å². The number of methoxy groups -OCH3 is 1. The molecule has 3 rings (SSSR count). The van der Waals surface area contributed by atoms with E-state index in [9.17, 15) is 9.59 Å². The van der Waals surface area contributed by atoms with Gasteiger partial charge in [-0.1, -0.05) is 0 Å². The van der Waals surface area contributed by atoms with Gasteiger partial charge in [0.1, 0.15) is 11.6 Å². The number of carbonyl (C=O) groups is 2. The normalized spacial score (nSPS) is 20.1. The van der Waals surface area contributed by atoms with Gasteiger partial charge in [0.15, 0.2) is 0 Å². The van der Waals surface area contributed by atoms with Gasteiger partial charge >= 0.3 is 0 Å². The van der Waals surface area contributed by atoms with Crippen molar-refractivity contribution in [1.82, 2.24) is 19.8 Å². The number of ether oxygens (including phenoxy) is 1. The van der Waals surface area contributed by atoms with Crippen LogP contribution in [0.15, 0.2) is 18.2 Å². The molecule has 0 saturated carbocycles. The first-order valence-electron chi connectivity index (χ1n) is 9.66. The van der Waals surface area contributed by atoms with Gasteiger partial charge in [0, 0.05) is 52.1 Å². The van der Waals surface area contributed by atoms with Crippen molar-refractivity contribution in [3.05, 3.63) is 24.0 Å². The molecule has 0 unspecified atom stereocenters. The van der Waals surface area contributed by atoms with Gasteiger partial charge in [-0.05, 0) is 25.0 Å². The molecule has 152 valence electrons. The van der Waals surface area contributed by atoms with Crippen LogP contribution in [-0.2, 0) is 16.0 Å². The Labute approximate surface area is 165 Å². The molecule has 2 aromatic rings. The molecule has 1 aromatic heterocycles. The Morgan fingerprint density at radius 2 is 2.14 bits per heavy atom. The number of H-pyrrole nitrogens is 1. The van der Waals surface area contributed by atoms with Crippen molar-refractivity contribution in [1.29, 1.82) is 0 Å². The van der Waals surface area contributed by atoms with Crippen molar-refractivity contribution in [2.45, 2.75) is 32.2 Å². The molecule has 3 N–H and O–H groups in total. The van der Waals surface area contributed by atoms with Crippen LogP contribution in [0.5, 0.6) is 5.75 Å². The van der Waals surface area contributed by atoms with Crippen molar-refractivity contribution in [3.63, 3.8) is 0 Å². The molecular weight excluding hydrogens is 358 g/mol. The fourth-order valence-electron chi connectivity index (χ4n) is 3.66. The zero-order valence-corrected chi connectivity index (χ0v) is 16.8. The minimum Gasteiger partial charge on any atom is -0.497 e. The number of nitrogens with zero attached hydrogens (tertiary/aromatic N) is 3. The Morgan fingerprint density at radius 1 is 1.36 bits per heavy atom. The molecule has 1 aliphatic rings. The van der Waals surface area contributed by atoms with Crippen LogP contribution in [0.1, 0.15) is 25.6 Å². The Morgan fingerprint density at radius 3 is 2.86 bits per heavy atom. The van der Waals surface area contributed by atoms with Crippen molar-refractivity contribution < 1.29 is 14.3 Å². The second kappa shape index (κ2) is 8.60. The fourth-order valence-corrected chi connectivity index (χ4v) is 3.66. The summed E-state index contributed by atoms with van der Waals surface area (Å²) >= 11 is 0. The number of likely N-dealkylation sites (N-methyl/N-ethyl adjacent to an activating group) is 1. The maximum atomic E-state index is 12.9. The van der Waals surface area contributed by atoms with Gasteiger partial charge in [-0.3, -0.25) is 9.59 Å². The number of aromatic amines is 1. The molecule has 1 saturated heterocycles. The van der Waals surface area contributed by atoms with Gasteiger partial charge in [-0.25, -0.2) is 4.98 Å². The van der Waals surface area contributed by atoms with Crippen LogP contribution in [0.4, 0.5) is 0 Å². The van der Waals surface area contributed by atoms with Gasteiger partial charge in [-0.15, -0.1) is 0 Å². The number of amides is 2. The summed E-state index contributed by atoms with van der Waals surface area (Å²) in [4.78, 5) is 36.0. The largest absolute Gasteiger partial charge is 0.497 e. The summed E-state index contributed by atoms with van der Waals surface area (Å²) in [6, 6.07) is 5.62. The SMILES string of the molecule is COc1ccc2nc(CCN(C)C(=O)[C@@H]3CC[C@H](N)CN(C(C)=O)C3)[nH]c2c1. The number of hydrogen-bond acceptors (Lipinski definition) is 5. The molecule has 8 nitrogen and oxygen atoms in total. The Hall–Kier alpha value is -2.61. The molecule has 0 radical (unpaired) electrons. The first-order valence-corrected chi connectivity index (χ1v) is 9.66. The second-order valence-electron chi connectivity index (χ2n) is 7.53. The molecule has 1 aromatic carbocycles. The molecular formula is C20H29N5O3. The van der Waals surface area contributed by atoms with Crippen molar-refractivity contribution in [3.8, 4) is 5.75 Å². The first-order chi connectivity index (χ1) is 13.4. The lowest BCUT2D eigenvalue weighted by atomic mass is 10.0. The lowest BCUT2D eigenvalue weighted by molar-refractivity contribution is -0.136. The molecule has 2 atom stereocenters. The fraction of sp³-hybridized carbons (Fsp3) is 0.550. The summed E-state index contributed by atoms with van der Waals surface area (Å²) in [5.74, 6) is 1.42. The predicted octanol–water partition coefficient (Wildman–Crippen LogP) is 1.16. The van der Waals surface area contributed by atoms with Crippen LogP contribution < -0.4 is 10.5 Å². The average molecular weight is 387 g/mol. The molecule has 2 heterocycles. The third-order valence-electron chi connectivity index (χ3n) is 5.37. The molecule has 0 aliphatic carbocycles. The highest BCUT2D eigenvalue weighted by molar-refractivity contribution is 5.80. The van der Waals surface area contributed by atoms with Crippen molar-refractivity contribution in [2.75, 3.05) is 33.8 Å². The van der Waals surface area contributed by atoms with E-state index in [2.05, 4.69) is 9.97 Å². The smallest absolute Gasteiger partial charge is 0.227 e. The van der Waals surface area contributed by atoms with Gasteiger partial charge in [0.05, 0.1) is 24.1 Å². The number of nitrogens with one attached hydrogen (secondary N) is 1. The number of aromatic nitrogens is 2. The van der Waals surface area contributed by atoms with E-state index in [1.54, 1.807) is 24.0 Å². The summed E-state index contributed by atoms with van der Waals surface area (Å²) < 4.78 is 5.23. The van der Waals surface area contributed by atoms with Crippen molar-refractivity contribution in [2.24, 2.45) is 11.7 Å². The van der Waals surface area contributed by atoms with E-state index in [0.29, 0.717) is 32.5 Å². The monoisotopic (exact) mass is 387 g/mol. The topological polar surface area (TPSA) is 105 Å². The standard InChI is InChI=1S/C20H29N5O3/c1-13(26)25-11-14(4-5-15(21)12-25)20(27)24(2)9-8-19-22-17-7-6-16(28-3)10-18(17)23-19/h6-7,10,14-15H,4-5,8-9,11-12,21H2,1-3H3,(H,22,23)/t14-,15+/m1/s1. The number of hydrogen-bond donors (Lipinski definition) is 2. The van der Waals surface area contributed by atoms with Crippen LogP contribution >= 0.6 is 0 Å². The average Bonchev–Trinajstić information content (AvgIpc) is 2.98. The molecule has 0 spiro atoms. The molecule has 2 amide bonds. The number of nitrogens with two attached hydrogens (primary N) is 1. The van der Waals surface area contributed by atoms with E-state index >= 15 is 0 Å². The molecule has 8 heteroatoms. The highest BCUT2D eigenvalue weighted by atomic mass is 16.5. The number of rotatable bonds is 5. The van der Waals surface area contributed by atoms with E-state index in [-0.39, 0.29) is 23.8 Å². The van der Waals surface area contributed by atoms with Gasteiger partial charge in [0.2, 0.25) is 11.8 Å². The summed E-state index contributed by atoms with van der Waals surface area (Å²) in [6.07, 6.45) is 2.08. The molecule has 1 aliphatic heterocycles. The Balaban J connectivity index is 1.61.